The van der Waals surface area contributed by atoms with Gasteiger partial charge in [0, 0.05) is 5.56 Å². The molecule has 0 saturated heterocycles. The van der Waals surface area contributed by atoms with E-state index in [0.29, 0.717) is 5.56 Å². The highest BCUT2D eigenvalue weighted by Crippen LogP contribution is 2.29. The normalized spacial score (nSPS) is 11.8. The van der Waals surface area contributed by atoms with Crippen molar-refractivity contribution < 1.29 is 17.9 Å². The van der Waals surface area contributed by atoms with Gasteiger partial charge in [-0.2, -0.15) is 5.10 Å². The van der Waals surface area contributed by atoms with E-state index in [1.54, 1.807) is 6.92 Å². The molecule has 74 valence electrons. The molecule has 0 saturated carbocycles. The van der Waals surface area contributed by atoms with Crippen LogP contribution in [0.2, 0.25) is 0 Å². The number of aryl methyl sites for hydroxylation is 1. The molecule has 1 heterocycles. The van der Waals surface area contributed by atoms with Crippen LogP contribution >= 0.6 is 0 Å². The Kier molecular flexibility index (Phi) is 2.49. The van der Waals surface area contributed by atoms with Crippen molar-refractivity contribution in [3.63, 3.8) is 0 Å². The number of hydrogen-bond donors (Lipinski definition) is 0. The van der Waals surface area contributed by atoms with Gasteiger partial charge in [-0.05, 0) is 13.8 Å². The molecule has 0 aliphatic carbocycles. The molecule has 0 N–H and O–H groups in total. The molecule has 13 heavy (non-hydrogen) atoms. The van der Waals surface area contributed by atoms with Crippen LogP contribution in [0.4, 0.5) is 13.2 Å². The summed E-state index contributed by atoms with van der Waals surface area (Å²) in [5.41, 5.74) is 0.374. The predicted octanol–water partition coefficient (Wildman–Crippen LogP) is 2.07. The summed E-state index contributed by atoms with van der Waals surface area (Å²) in [5, 5.41) is 3.17. The highest BCUT2D eigenvalue weighted by molar-refractivity contribution is 5.22. The van der Waals surface area contributed by atoms with Gasteiger partial charge in [-0.3, -0.25) is 0 Å². The van der Waals surface area contributed by atoms with Crippen molar-refractivity contribution in [2.75, 3.05) is 6.61 Å². The van der Waals surface area contributed by atoms with Gasteiger partial charge in [0.15, 0.2) is 0 Å². The molecule has 1 rings (SSSR count). The fraction of sp³-hybridized carbons (Fsp3) is 0.571. The van der Waals surface area contributed by atoms with E-state index in [1.165, 1.54) is 6.92 Å². The second kappa shape index (κ2) is 3.27. The molecule has 0 unspecified atom stereocenters. The quantitative estimate of drug-likeness (QED) is 0.720. The van der Waals surface area contributed by atoms with Gasteiger partial charge in [0.2, 0.25) is 5.88 Å². The lowest BCUT2D eigenvalue weighted by Crippen LogP contribution is -2.19. The van der Waals surface area contributed by atoms with Crippen molar-refractivity contribution in [1.29, 1.82) is 0 Å². The minimum Gasteiger partial charge on any atom is -0.478 e. The Morgan fingerprint density at radius 3 is 2.62 bits per heavy atom. The summed E-state index contributed by atoms with van der Waals surface area (Å²) in [6.45, 7) is 3.32. The molecule has 0 atom stereocenters. The first-order chi connectivity index (χ1) is 5.96. The molecular weight excluding hydrogens is 185 g/mol. The van der Waals surface area contributed by atoms with Crippen LogP contribution in [0.3, 0.4) is 0 Å². The van der Waals surface area contributed by atoms with Crippen LogP contribution in [0.1, 0.15) is 12.5 Å². The van der Waals surface area contributed by atoms with Crippen molar-refractivity contribution in [3.05, 3.63) is 11.8 Å². The van der Waals surface area contributed by atoms with Gasteiger partial charge < -0.3 is 4.74 Å². The Balaban J connectivity index is 3.07. The Labute approximate surface area is 73.1 Å². The summed E-state index contributed by atoms with van der Waals surface area (Å²) in [6, 6.07) is 0. The fourth-order valence-corrected chi connectivity index (χ4v) is 0.911. The second-order valence-electron chi connectivity index (χ2n) is 2.45. The molecule has 1 aromatic rings. The van der Waals surface area contributed by atoms with Crippen LogP contribution in [0.15, 0.2) is 6.20 Å². The Bertz CT molecular complexity index is 292. The minimum atomic E-state index is -4.52. The van der Waals surface area contributed by atoms with Crippen molar-refractivity contribution in [2.24, 2.45) is 0 Å². The Morgan fingerprint density at radius 2 is 2.15 bits per heavy atom. The number of aromatic nitrogens is 2. The maximum absolute atomic E-state index is 12.2. The van der Waals surface area contributed by atoms with Crippen molar-refractivity contribution in [3.8, 4) is 5.88 Å². The lowest BCUT2D eigenvalue weighted by molar-refractivity contribution is -0.215. The molecule has 0 radical (unpaired) electrons. The van der Waals surface area contributed by atoms with Crippen molar-refractivity contribution >= 4 is 0 Å². The van der Waals surface area contributed by atoms with Crippen LogP contribution in [0.25, 0.3) is 0 Å². The van der Waals surface area contributed by atoms with Gasteiger partial charge >= 0.3 is 6.30 Å². The lowest BCUT2D eigenvalue weighted by Gasteiger charge is -2.10. The van der Waals surface area contributed by atoms with Gasteiger partial charge in [-0.15, -0.1) is 17.9 Å². The van der Waals surface area contributed by atoms with Crippen molar-refractivity contribution in [1.82, 2.24) is 9.78 Å². The van der Waals surface area contributed by atoms with E-state index in [4.69, 9.17) is 4.74 Å². The zero-order valence-electron chi connectivity index (χ0n) is 7.22. The van der Waals surface area contributed by atoms with Gasteiger partial charge in [0.1, 0.15) is 0 Å². The van der Waals surface area contributed by atoms with E-state index >= 15 is 0 Å². The van der Waals surface area contributed by atoms with Crippen LogP contribution < -0.4 is 4.74 Å². The second-order valence-corrected chi connectivity index (χ2v) is 2.45. The topological polar surface area (TPSA) is 27.1 Å². The summed E-state index contributed by atoms with van der Waals surface area (Å²) in [7, 11) is 0. The van der Waals surface area contributed by atoms with Gasteiger partial charge in [-0.1, -0.05) is 0 Å². The van der Waals surface area contributed by atoms with Gasteiger partial charge in [0.05, 0.1) is 12.8 Å². The molecule has 0 amide bonds. The largest absolute Gasteiger partial charge is 0.507 e. The molecular formula is C7H9F3N2O. The number of nitrogens with zero attached hydrogens (tertiary/aromatic N) is 2. The van der Waals surface area contributed by atoms with E-state index < -0.39 is 6.30 Å². The van der Waals surface area contributed by atoms with E-state index in [2.05, 4.69) is 5.10 Å². The molecule has 6 heteroatoms. The molecule has 0 bridgehead atoms. The maximum atomic E-state index is 12.2. The lowest BCUT2D eigenvalue weighted by atomic mass is 10.4. The predicted molar refractivity (Wildman–Crippen MR) is 39.4 cm³/mol. The van der Waals surface area contributed by atoms with E-state index in [0.717, 1.165) is 6.20 Å². The fourth-order valence-electron chi connectivity index (χ4n) is 0.911. The first-order valence-electron chi connectivity index (χ1n) is 3.71. The maximum Gasteiger partial charge on any atom is 0.507 e. The monoisotopic (exact) mass is 194 g/mol. The number of ether oxygens (including phenoxy) is 1. The summed E-state index contributed by atoms with van der Waals surface area (Å²) < 4.78 is 41.4. The van der Waals surface area contributed by atoms with Crippen LogP contribution in [0.5, 0.6) is 5.88 Å². The molecule has 0 aliphatic rings. The zero-order chi connectivity index (χ0) is 10.1. The van der Waals surface area contributed by atoms with Gasteiger partial charge in [0.25, 0.3) is 0 Å². The summed E-state index contributed by atoms with van der Waals surface area (Å²) in [4.78, 5) is 0. The first-order valence-corrected chi connectivity index (χ1v) is 3.71. The van der Waals surface area contributed by atoms with Crippen molar-refractivity contribution in [2.45, 2.75) is 20.1 Å². The highest BCUT2D eigenvalue weighted by Gasteiger charge is 2.35. The third-order valence-electron chi connectivity index (χ3n) is 1.42. The van der Waals surface area contributed by atoms with E-state index in [-0.39, 0.29) is 17.2 Å². The molecule has 1 aromatic heterocycles. The third kappa shape index (κ3) is 1.93. The smallest absolute Gasteiger partial charge is 0.478 e. The minimum absolute atomic E-state index is 0.0775. The van der Waals surface area contributed by atoms with Crippen LogP contribution in [0, 0.1) is 6.92 Å². The molecule has 0 fully saturated rings. The van der Waals surface area contributed by atoms with Crippen LogP contribution in [-0.4, -0.2) is 16.4 Å². The number of alkyl halides is 3. The van der Waals surface area contributed by atoms with Gasteiger partial charge in [-0.25, -0.2) is 0 Å². The Morgan fingerprint density at radius 1 is 1.54 bits per heavy atom. The van der Waals surface area contributed by atoms with E-state index in [1.807, 2.05) is 0 Å². The zero-order valence-corrected chi connectivity index (χ0v) is 7.22. The number of halogens is 3. The average molecular weight is 194 g/mol. The summed E-state index contributed by atoms with van der Waals surface area (Å²) >= 11 is 0. The third-order valence-corrected chi connectivity index (χ3v) is 1.42. The molecule has 0 spiro atoms. The van der Waals surface area contributed by atoms with E-state index in [9.17, 15) is 13.2 Å². The molecule has 3 nitrogen and oxygen atoms in total. The first kappa shape index (κ1) is 9.88. The SMILES string of the molecule is CCOc1c(C)cnn1C(F)(F)F. The summed E-state index contributed by atoms with van der Waals surface area (Å²) in [5.74, 6) is -0.241. The standard InChI is InChI=1S/C7H9F3N2O/c1-3-13-6-5(2)4-11-12(6)7(8,9)10/h4H,3H2,1-2H3. The van der Waals surface area contributed by atoms with Crippen LogP contribution in [-0.2, 0) is 6.30 Å². The highest BCUT2D eigenvalue weighted by atomic mass is 19.4. The Hall–Kier alpha value is -1.20. The molecule has 0 aromatic carbocycles. The number of hydrogen-bond acceptors (Lipinski definition) is 2. The average Bonchev–Trinajstić information content (AvgIpc) is 2.32. The summed E-state index contributed by atoms with van der Waals surface area (Å²) in [6.07, 6.45) is -3.39. The molecule has 0 aliphatic heterocycles. The number of rotatable bonds is 2.